The molecule has 0 aliphatic carbocycles. The second-order valence-electron chi connectivity index (χ2n) is 3.94. The third-order valence-corrected chi connectivity index (χ3v) is 2.90. The van der Waals surface area contributed by atoms with Gasteiger partial charge in [-0.1, -0.05) is 23.8 Å². The van der Waals surface area contributed by atoms with Crippen LogP contribution in [0.4, 0.5) is 5.69 Å². The molecule has 6 heteroatoms. The summed E-state index contributed by atoms with van der Waals surface area (Å²) in [6.45, 7) is 3.15. The molecule has 100 valence electrons. The van der Waals surface area contributed by atoms with Crippen LogP contribution in [0.1, 0.15) is 11.1 Å². The fourth-order valence-electron chi connectivity index (χ4n) is 1.59. The van der Waals surface area contributed by atoms with Crippen molar-refractivity contribution in [2.75, 3.05) is 25.6 Å². The van der Waals surface area contributed by atoms with Crippen LogP contribution in [0.2, 0.25) is 0 Å². The number of anilines is 1. The molecule has 0 saturated carbocycles. The summed E-state index contributed by atoms with van der Waals surface area (Å²) in [5.41, 5.74) is 4.00. The quantitative estimate of drug-likeness (QED) is 0.790. The third-order valence-electron chi connectivity index (χ3n) is 2.48. The van der Waals surface area contributed by atoms with Gasteiger partial charge in [-0.25, -0.2) is 0 Å². The SMILES string of the molecule is COS(=O)(=O)O.Cc1ccc2c(c1)C=CCN2C. The summed E-state index contributed by atoms with van der Waals surface area (Å²) < 4.78 is 29.7. The van der Waals surface area contributed by atoms with E-state index in [-0.39, 0.29) is 0 Å². The molecule has 0 amide bonds. The zero-order valence-electron chi connectivity index (χ0n) is 10.6. The van der Waals surface area contributed by atoms with Crippen molar-refractivity contribution in [2.45, 2.75) is 6.92 Å². The Morgan fingerprint density at radius 1 is 1.39 bits per heavy atom. The molecule has 1 aliphatic heterocycles. The van der Waals surface area contributed by atoms with Gasteiger partial charge in [-0.15, -0.1) is 0 Å². The first-order valence-corrected chi connectivity index (χ1v) is 6.71. The van der Waals surface area contributed by atoms with Crippen LogP contribution in [0.3, 0.4) is 0 Å². The molecule has 0 unspecified atom stereocenters. The van der Waals surface area contributed by atoms with Gasteiger partial charge in [0.1, 0.15) is 0 Å². The van der Waals surface area contributed by atoms with E-state index in [4.69, 9.17) is 4.55 Å². The summed E-state index contributed by atoms with van der Waals surface area (Å²) >= 11 is 0. The lowest BCUT2D eigenvalue weighted by molar-refractivity contribution is 0.324. The molecule has 2 rings (SSSR count). The normalized spacial score (nSPS) is 13.7. The highest BCUT2D eigenvalue weighted by Crippen LogP contribution is 2.25. The molecule has 1 aromatic carbocycles. The molecule has 1 heterocycles. The summed E-state index contributed by atoms with van der Waals surface area (Å²) in [4.78, 5) is 2.26. The van der Waals surface area contributed by atoms with E-state index in [2.05, 4.69) is 53.4 Å². The van der Waals surface area contributed by atoms with E-state index < -0.39 is 10.4 Å². The van der Waals surface area contributed by atoms with Crippen LogP contribution in [0.5, 0.6) is 0 Å². The Balaban J connectivity index is 0.000000232. The summed E-state index contributed by atoms with van der Waals surface area (Å²) in [7, 11) is -1.17. The van der Waals surface area contributed by atoms with E-state index in [1.165, 1.54) is 16.8 Å². The number of fused-ring (bicyclic) bond motifs is 1. The van der Waals surface area contributed by atoms with E-state index in [0.717, 1.165) is 13.7 Å². The molecule has 0 bridgehead atoms. The van der Waals surface area contributed by atoms with Crippen LogP contribution in [0, 0.1) is 6.92 Å². The Morgan fingerprint density at radius 3 is 2.56 bits per heavy atom. The zero-order valence-corrected chi connectivity index (χ0v) is 11.4. The summed E-state index contributed by atoms with van der Waals surface area (Å²) in [5, 5.41) is 0. The lowest BCUT2D eigenvalue weighted by Gasteiger charge is -2.23. The van der Waals surface area contributed by atoms with Crippen molar-refractivity contribution >= 4 is 22.2 Å². The van der Waals surface area contributed by atoms with Crippen LogP contribution >= 0.6 is 0 Å². The van der Waals surface area contributed by atoms with Crippen molar-refractivity contribution in [3.63, 3.8) is 0 Å². The van der Waals surface area contributed by atoms with E-state index >= 15 is 0 Å². The number of hydrogen-bond donors (Lipinski definition) is 1. The average molecular weight is 271 g/mol. The number of likely N-dealkylation sites (N-methyl/N-ethyl adjacent to an activating group) is 1. The van der Waals surface area contributed by atoms with Crippen molar-refractivity contribution in [3.05, 3.63) is 35.4 Å². The smallest absolute Gasteiger partial charge is 0.370 e. The molecule has 1 aliphatic rings. The largest absolute Gasteiger partial charge is 0.397 e. The molecular weight excluding hydrogens is 254 g/mol. The molecule has 5 nitrogen and oxygen atoms in total. The highest BCUT2D eigenvalue weighted by molar-refractivity contribution is 7.80. The first-order chi connectivity index (χ1) is 8.33. The van der Waals surface area contributed by atoms with Gasteiger partial charge in [0.25, 0.3) is 0 Å². The van der Waals surface area contributed by atoms with Crippen molar-refractivity contribution < 1.29 is 17.2 Å². The minimum atomic E-state index is -4.16. The van der Waals surface area contributed by atoms with Crippen LogP contribution in [-0.4, -0.2) is 33.7 Å². The maximum atomic E-state index is 9.33. The summed E-state index contributed by atoms with van der Waals surface area (Å²) in [6.07, 6.45) is 4.39. The Morgan fingerprint density at radius 2 is 2.00 bits per heavy atom. The predicted molar refractivity (Wildman–Crippen MR) is 72.0 cm³/mol. The maximum absolute atomic E-state index is 9.33. The van der Waals surface area contributed by atoms with Gasteiger partial charge in [0.05, 0.1) is 7.11 Å². The molecule has 0 spiro atoms. The average Bonchev–Trinajstić information content (AvgIpc) is 2.29. The first kappa shape index (κ1) is 14.7. The summed E-state index contributed by atoms with van der Waals surface area (Å²) in [6, 6.07) is 6.57. The number of aryl methyl sites for hydroxylation is 1. The van der Waals surface area contributed by atoms with E-state index in [1.807, 2.05) is 0 Å². The van der Waals surface area contributed by atoms with Gasteiger partial charge < -0.3 is 4.90 Å². The van der Waals surface area contributed by atoms with Crippen LogP contribution in [-0.2, 0) is 14.6 Å². The minimum Gasteiger partial charge on any atom is -0.370 e. The second kappa shape index (κ2) is 5.99. The van der Waals surface area contributed by atoms with Gasteiger partial charge in [0, 0.05) is 19.3 Å². The standard InChI is InChI=1S/C11H13N.CH4O4S/c1-9-5-6-11-10(8-9)4-3-7-12(11)2;1-5-6(2,3)4/h3-6,8H,7H2,1-2H3;1H3,(H,2,3,4). The van der Waals surface area contributed by atoms with Crippen LogP contribution in [0.25, 0.3) is 6.08 Å². The molecule has 18 heavy (non-hydrogen) atoms. The topological polar surface area (TPSA) is 66.8 Å². The van der Waals surface area contributed by atoms with E-state index in [1.54, 1.807) is 0 Å². The molecule has 0 radical (unpaired) electrons. The van der Waals surface area contributed by atoms with Crippen molar-refractivity contribution in [1.82, 2.24) is 0 Å². The molecule has 0 fully saturated rings. The van der Waals surface area contributed by atoms with Crippen molar-refractivity contribution in [2.24, 2.45) is 0 Å². The third kappa shape index (κ3) is 4.48. The van der Waals surface area contributed by atoms with Crippen molar-refractivity contribution in [1.29, 1.82) is 0 Å². The minimum absolute atomic E-state index is 0.870. The predicted octanol–water partition coefficient (Wildman–Crippen LogP) is 1.89. The van der Waals surface area contributed by atoms with Gasteiger partial charge >= 0.3 is 10.4 Å². The Kier molecular flexibility index (Phi) is 4.89. The lowest BCUT2D eigenvalue weighted by Crippen LogP contribution is -2.20. The molecule has 0 atom stereocenters. The fourth-order valence-corrected chi connectivity index (χ4v) is 1.59. The Hall–Kier alpha value is -1.37. The first-order valence-electron chi connectivity index (χ1n) is 5.35. The maximum Gasteiger partial charge on any atom is 0.397 e. The van der Waals surface area contributed by atoms with Crippen LogP contribution in [0.15, 0.2) is 24.3 Å². The molecular formula is C12H17NO4S. The Labute approximate surface area is 108 Å². The van der Waals surface area contributed by atoms with E-state index in [9.17, 15) is 8.42 Å². The monoisotopic (exact) mass is 271 g/mol. The fraction of sp³-hybridized carbons (Fsp3) is 0.333. The number of benzene rings is 1. The van der Waals surface area contributed by atoms with Gasteiger partial charge in [-0.3, -0.25) is 8.74 Å². The van der Waals surface area contributed by atoms with E-state index in [0.29, 0.717) is 0 Å². The molecule has 1 aromatic rings. The number of nitrogens with zero attached hydrogens (tertiary/aromatic N) is 1. The second-order valence-corrected chi connectivity index (χ2v) is 5.13. The zero-order chi connectivity index (χ0) is 13.8. The molecule has 0 saturated heterocycles. The number of rotatable bonds is 1. The Bertz CT molecular complexity index is 537. The number of hydrogen-bond acceptors (Lipinski definition) is 4. The van der Waals surface area contributed by atoms with Crippen molar-refractivity contribution in [3.8, 4) is 0 Å². The van der Waals surface area contributed by atoms with Gasteiger partial charge in [0.15, 0.2) is 0 Å². The van der Waals surface area contributed by atoms with Crippen LogP contribution < -0.4 is 4.90 Å². The van der Waals surface area contributed by atoms with Gasteiger partial charge in [-0.2, -0.15) is 8.42 Å². The summed E-state index contributed by atoms with van der Waals surface area (Å²) in [5.74, 6) is 0. The molecule has 0 aromatic heterocycles. The van der Waals surface area contributed by atoms with Gasteiger partial charge in [0.2, 0.25) is 0 Å². The highest BCUT2D eigenvalue weighted by atomic mass is 32.3. The molecule has 1 N–H and O–H groups in total. The highest BCUT2D eigenvalue weighted by Gasteiger charge is 2.07. The lowest BCUT2D eigenvalue weighted by atomic mass is 10.1. The van der Waals surface area contributed by atoms with Gasteiger partial charge in [-0.05, 0) is 24.6 Å².